The first-order valence-corrected chi connectivity index (χ1v) is 6.17. The minimum absolute atomic E-state index is 0. The fourth-order valence-corrected chi connectivity index (χ4v) is 1.49. The Morgan fingerprint density at radius 2 is 1.70 bits per heavy atom. The predicted molar refractivity (Wildman–Crippen MR) is 79.4 cm³/mol. The molecule has 23 heavy (non-hydrogen) atoms. The van der Waals surface area contributed by atoms with Gasteiger partial charge in [0.2, 0.25) is 0 Å². The summed E-state index contributed by atoms with van der Waals surface area (Å²) in [5, 5.41) is 0. The molecule has 1 aromatic heterocycles. The van der Waals surface area contributed by atoms with Gasteiger partial charge in [-0.2, -0.15) is 36.4 Å². The Morgan fingerprint density at radius 3 is 2.13 bits per heavy atom. The molecule has 5 heteroatoms. The van der Waals surface area contributed by atoms with E-state index in [1.807, 2.05) is 30.3 Å². The second kappa shape index (κ2) is 12.3. The van der Waals surface area contributed by atoms with Gasteiger partial charge in [0.15, 0.2) is 0 Å². The van der Waals surface area contributed by atoms with Crippen LogP contribution in [-0.2, 0) is 24.9 Å². The number of pyridine rings is 1. The van der Waals surface area contributed by atoms with E-state index in [0.717, 1.165) is 12.1 Å². The van der Waals surface area contributed by atoms with Crippen LogP contribution in [0.3, 0.4) is 0 Å². The predicted octanol–water partition coefficient (Wildman–Crippen LogP) is 3.91. The Kier molecular flexibility index (Phi) is 11.1. The Morgan fingerprint density at radius 1 is 1.00 bits per heavy atom. The van der Waals surface area contributed by atoms with Gasteiger partial charge in [0.05, 0.1) is 0 Å². The zero-order valence-corrected chi connectivity index (χ0v) is 14.2. The fourth-order valence-electron chi connectivity index (χ4n) is 1.49. The molecule has 0 aliphatic carbocycles. The summed E-state index contributed by atoms with van der Waals surface area (Å²) in [7, 11) is 0. The smallest absolute Gasteiger partial charge is 0.573 e. The van der Waals surface area contributed by atoms with Gasteiger partial charge in [0.1, 0.15) is 0 Å². The quantitative estimate of drug-likeness (QED) is 0.488. The van der Waals surface area contributed by atoms with Crippen LogP contribution in [0.4, 0.5) is 8.78 Å². The van der Waals surface area contributed by atoms with Crippen LogP contribution in [0.5, 0.6) is 0 Å². The number of carbonyl (C=O) groups excluding carboxylic acids is 1. The molecule has 0 spiro atoms. The largest absolute Gasteiger partial charge is 3.00 e. The first-order valence-electron chi connectivity index (χ1n) is 6.17. The maximum absolute atomic E-state index is 13.2. The zero-order valence-electron chi connectivity index (χ0n) is 11.8. The monoisotopic (exact) mass is 488 g/mol. The van der Waals surface area contributed by atoms with Crippen molar-refractivity contribution >= 4 is 6.79 Å². The van der Waals surface area contributed by atoms with Gasteiger partial charge >= 0.3 is 20.1 Å². The van der Waals surface area contributed by atoms with Gasteiger partial charge in [-0.15, -0.1) is 12.1 Å². The molecule has 0 amide bonds. The van der Waals surface area contributed by atoms with Gasteiger partial charge in [-0.3, -0.25) is 8.78 Å². The van der Waals surface area contributed by atoms with Crippen LogP contribution in [0.15, 0.2) is 66.9 Å². The molecule has 0 fully saturated rings. The standard InChI is InChI=1S/C11H6F2N.C6H5.CO.Ir/c12-8-4-5-9(10(13)7-8)11-3-1-2-6-14-11;1-2-4-6-5-3-1;1-2;/h1-4,6-7H;1-5H;;/q3*-1;+3. The summed E-state index contributed by atoms with van der Waals surface area (Å²) in [6, 6.07) is 22.0. The van der Waals surface area contributed by atoms with Crippen molar-refractivity contribution in [2.24, 2.45) is 0 Å². The summed E-state index contributed by atoms with van der Waals surface area (Å²) in [4.78, 5) is 11.4. The average Bonchev–Trinajstić information content (AvgIpc) is 2.60. The van der Waals surface area contributed by atoms with Gasteiger partial charge in [0, 0.05) is 17.8 Å². The molecule has 0 bridgehead atoms. The molecule has 1 heterocycles. The molecule has 2 aromatic carbocycles. The van der Waals surface area contributed by atoms with Crippen LogP contribution < -0.4 is 0 Å². The minimum Gasteiger partial charge on any atom is -0.573 e. The number of rotatable bonds is 1. The summed E-state index contributed by atoms with van der Waals surface area (Å²) >= 11 is 0. The molecule has 2 nitrogen and oxygen atoms in total. The Bertz CT molecular complexity index is 640. The zero-order chi connectivity index (χ0) is 16.2. The third-order valence-corrected chi connectivity index (χ3v) is 2.39. The Hall–Kier alpha value is -2.23. The number of hydrogen-bond acceptors (Lipinski definition) is 2. The maximum atomic E-state index is 13.2. The van der Waals surface area contributed by atoms with E-state index >= 15 is 0 Å². The van der Waals surface area contributed by atoms with Crippen LogP contribution in [0.1, 0.15) is 0 Å². The van der Waals surface area contributed by atoms with Crippen molar-refractivity contribution in [2.45, 2.75) is 0 Å². The third-order valence-electron chi connectivity index (χ3n) is 2.39. The number of halogens is 2. The molecular formula is C18H11F2IrNO. The molecule has 0 N–H and O–H groups in total. The molecule has 0 saturated heterocycles. The van der Waals surface area contributed by atoms with Gasteiger partial charge in [0.25, 0.3) is 0 Å². The van der Waals surface area contributed by atoms with Crippen molar-refractivity contribution in [1.29, 1.82) is 0 Å². The molecule has 3 rings (SSSR count). The van der Waals surface area contributed by atoms with E-state index in [0.29, 0.717) is 5.69 Å². The van der Waals surface area contributed by atoms with Gasteiger partial charge < -0.3 is 16.6 Å². The molecule has 0 aliphatic rings. The number of aromatic nitrogens is 1. The van der Waals surface area contributed by atoms with Gasteiger partial charge in [-0.1, -0.05) is 23.8 Å². The van der Waals surface area contributed by atoms with Crippen molar-refractivity contribution < 1.29 is 33.7 Å². The molecule has 3 aromatic rings. The van der Waals surface area contributed by atoms with Gasteiger partial charge in [-0.25, -0.2) is 0 Å². The average molecular weight is 488 g/mol. The van der Waals surface area contributed by atoms with Crippen LogP contribution in [0.25, 0.3) is 11.3 Å². The van der Waals surface area contributed by atoms with Crippen molar-refractivity contribution in [3.63, 3.8) is 0 Å². The van der Waals surface area contributed by atoms with E-state index in [1.165, 1.54) is 0 Å². The summed E-state index contributed by atoms with van der Waals surface area (Å²) < 4.78 is 25.8. The van der Waals surface area contributed by atoms with E-state index < -0.39 is 11.6 Å². The molecule has 0 atom stereocenters. The fraction of sp³-hybridized carbons (Fsp3) is 0. The van der Waals surface area contributed by atoms with Crippen molar-refractivity contribution in [3.8, 4) is 11.3 Å². The van der Waals surface area contributed by atoms with Crippen molar-refractivity contribution in [1.82, 2.24) is 4.98 Å². The van der Waals surface area contributed by atoms with Crippen LogP contribution in [0, 0.1) is 23.8 Å². The molecule has 1 radical (unpaired) electrons. The minimum atomic E-state index is -0.649. The summed E-state index contributed by atoms with van der Waals surface area (Å²) in [6.07, 6.45) is 1.55. The SMILES string of the molecule is Fc1c[c-]c(-c2ccccn2)c(F)c1.[C-]=O.[Ir+3].[c-]1ccccc1. The first-order chi connectivity index (χ1) is 10.8. The normalized spacial score (nSPS) is 8.43. The number of hydrogen-bond donors (Lipinski definition) is 0. The summed E-state index contributed by atoms with van der Waals surface area (Å²) in [5.74, 6) is -1.29. The molecule has 0 saturated carbocycles. The third kappa shape index (κ3) is 7.54. The first kappa shape index (κ1) is 20.8. The molecule has 117 valence electrons. The second-order valence-electron chi connectivity index (χ2n) is 3.83. The van der Waals surface area contributed by atoms with E-state index in [9.17, 15) is 8.78 Å². The van der Waals surface area contributed by atoms with Crippen molar-refractivity contribution in [2.75, 3.05) is 0 Å². The molecule has 0 aliphatic heterocycles. The number of benzene rings is 2. The van der Waals surface area contributed by atoms with Crippen LogP contribution in [-0.4, -0.2) is 11.8 Å². The summed E-state index contributed by atoms with van der Waals surface area (Å²) in [5.41, 5.74) is 0.636. The molecular weight excluding hydrogens is 476 g/mol. The summed E-state index contributed by atoms with van der Waals surface area (Å²) in [6.45, 7) is 4.50. The van der Waals surface area contributed by atoms with Crippen LogP contribution in [0.2, 0.25) is 0 Å². The molecule has 0 unspecified atom stereocenters. The maximum Gasteiger partial charge on any atom is 3.00 e. The second-order valence-corrected chi connectivity index (χ2v) is 3.83. The number of nitrogens with zero attached hydrogens (tertiary/aromatic N) is 1. The van der Waals surface area contributed by atoms with Crippen molar-refractivity contribution in [3.05, 3.63) is 90.6 Å². The van der Waals surface area contributed by atoms with E-state index in [-0.39, 0.29) is 25.7 Å². The van der Waals surface area contributed by atoms with E-state index in [4.69, 9.17) is 4.79 Å². The van der Waals surface area contributed by atoms with E-state index in [1.54, 1.807) is 24.4 Å². The van der Waals surface area contributed by atoms with Crippen LogP contribution >= 0.6 is 0 Å². The van der Waals surface area contributed by atoms with E-state index in [2.05, 4.69) is 23.9 Å². The Balaban J connectivity index is 0.000000455. The van der Waals surface area contributed by atoms with Gasteiger partial charge in [-0.05, 0) is 11.8 Å². The topological polar surface area (TPSA) is 30.0 Å². The Labute approximate surface area is 147 Å².